The second-order valence-electron chi connectivity index (χ2n) is 12.5. The van der Waals surface area contributed by atoms with Crippen LogP contribution < -0.4 is 4.74 Å². The van der Waals surface area contributed by atoms with Gasteiger partial charge in [-0.25, -0.2) is 0 Å². The summed E-state index contributed by atoms with van der Waals surface area (Å²) in [5, 5.41) is 1.17. The number of nitrogens with zero attached hydrogens (tertiary/aromatic N) is 3. The Morgan fingerprint density at radius 3 is 2.48 bits per heavy atom. The molecule has 210 valence electrons. The van der Waals surface area contributed by atoms with Crippen molar-refractivity contribution in [3.8, 4) is 5.75 Å². The summed E-state index contributed by atoms with van der Waals surface area (Å²) in [5.41, 5.74) is 9.44. The highest BCUT2D eigenvalue weighted by Gasteiger charge is 2.29. The van der Waals surface area contributed by atoms with Crippen molar-refractivity contribution < 1.29 is 4.74 Å². The van der Waals surface area contributed by atoms with Crippen LogP contribution in [0.25, 0.3) is 10.9 Å². The standard InChI is InChI=1S/C35H44N4O/c1-23(2)38-14-11-27-8-9-29(18-28(27)12-15-38)34-22-40-35-17-26(6-7-30(35)21-39(34)24(3)4)16-25(5)33-19-31-20-36-13-10-32(31)37-33/h6-10,13,17-20,23-25,34,37H,11-12,14-16,21-22H2,1-5H3. The topological polar surface area (TPSA) is 44.4 Å². The Balaban J connectivity index is 1.21. The van der Waals surface area contributed by atoms with E-state index >= 15 is 0 Å². The third kappa shape index (κ3) is 5.55. The number of benzene rings is 2. The van der Waals surface area contributed by atoms with Gasteiger partial charge in [0.15, 0.2) is 0 Å². The molecule has 2 aliphatic rings. The summed E-state index contributed by atoms with van der Waals surface area (Å²) >= 11 is 0. The van der Waals surface area contributed by atoms with Crippen LogP contribution in [0.2, 0.25) is 0 Å². The van der Waals surface area contributed by atoms with Crippen LogP contribution in [0.5, 0.6) is 5.75 Å². The predicted octanol–water partition coefficient (Wildman–Crippen LogP) is 7.06. The average molecular weight is 537 g/mol. The van der Waals surface area contributed by atoms with E-state index in [1.807, 2.05) is 18.5 Å². The minimum absolute atomic E-state index is 0.240. The second kappa shape index (κ2) is 11.4. The number of fused-ring (bicyclic) bond motifs is 3. The minimum Gasteiger partial charge on any atom is -0.491 e. The summed E-state index contributed by atoms with van der Waals surface area (Å²) in [6.07, 6.45) is 7.01. The van der Waals surface area contributed by atoms with E-state index in [1.165, 1.54) is 38.9 Å². The molecule has 0 bridgehead atoms. The molecule has 2 unspecified atom stereocenters. The van der Waals surface area contributed by atoms with Crippen molar-refractivity contribution in [3.63, 3.8) is 0 Å². The SMILES string of the molecule is CC(Cc1ccc2c(c1)OCC(c1ccc3c(c1)CCN(C(C)C)CC3)N(C(C)C)C2)c1cc2cnccc2[nH]1. The zero-order chi connectivity index (χ0) is 27.8. The van der Waals surface area contributed by atoms with E-state index in [1.54, 1.807) is 0 Å². The van der Waals surface area contributed by atoms with Crippen LogP contribution in [0.1, 0.15) is 80.1 Å². The van der Waals surface area contributed by atoms with E-state index in [2.05, 4.69) is 96.9 Å². The molecule has 5 heteroatoms. The van der Waals surface area contributed by atoms with Gasteiger partial charge in [-0.2, -0.15) is 0 Å². The molecule has 0 aliphatic carbocycles. The van der Waals surface area contributed by atoms with Crippen molar-refractivity contribution >= 4 is 10.9 Å². The maximum atomic E-state index is 6.62. The Bertz CT molecular complexity index is 1440. The molecule has 2 aromatic heterocycles. The van der Waals surface area contributed by atoms with E-state index in [9.17, 15) is 0 Å². The fourth-order valence-corrected chi connectivity index (χ4v) is 6.60. The fraction of sp³-hybridized carbons (Fsp3) is 0.457. The molecule has 2 aliphatic heterocycles. The summed E-state index contributed by atoms with van der Waals surface area (Å²) in [6.45, 7) is 15.4. The minimum atomic E-state index is 0.240. The lowest BCUT2D eigenvalue weighted by Gasteiger charge is -2.33. The lowest BCUT2D eigenvalue weighted by atomic mass is 9.95. The first-order valence-corrected chi connectivity index (χ1v) is 15.1. The molecule has 0 amide bonds. The second-order valence-corrected chi connectivity index (χ2v) is 12.5. The number of hydrogen-bond acceptors (Lipinski definition) is 4. The lowest BCUT2D eigenvalue weighted by molar-refractivity contribution is 0.114. The lowest BCUT2D eigenvalue weighted by Crippen LogP contribution is -2.36. The van der Waals surface area contributed by atoms with Gasteiger partial charge in [-0.05, 0) is 87.4 Å². The Morgan fingerprint density at radius 1 is 0.900 bits per heavy atom. The third-order valence-corrected chi connectivity index (χ3v) is 9.14. The molecule has 2 aromatic carbocycles. The average Bonchev–Trinajstić information content (AvgIpc) is 3.13. The summed E-state index contributed by atoms with van der Waals surface area (Å²) in [5.74, 6) is 1.42. The molecule has 0 spiro atoms. The van der Waals surface area contributed by atoms with Crippen molar-refractivity contribution in [1.29, 1.82) is 0 Å². The van der Waals surface area contributed by atoms with Crippen LogP contribution in [0.4, 0.5) is 0 Å². The molecule has 0 saturated carbocycles. The van der Waals surface area contributed by atoms with E-state index in [0.717, 1.165) is 50.2 Å². The van der Waals surface area contributed by atoms with E-state index in [0.29, 0.717) is 24.6 Å². The van der Waals surface area contributed by atoms with Crippen LogP contribution in [0, 0.1) is 0 Å². The van der Waals surface area contributed by atoms with Gasteiger partial charge in [0.25, 0.3) is 0 Å². The Labute approximate surface area is 239 Å². The number of H-pyrrole nitrogens is 1. The molecular weight excluding hydrogens is 492 g/mol. The van der Waals surface area contributed by atoms with Gasteiger partial charge in [0.2, 0.25) is 0 Å². The van der Waals surface area contributed by atoms with Crippen molar-refractivity contribution in [3.05, 3.63) is 94.4 Å². The Hall–Kier alpha value is -3.15. The quantitative estimate of drug-likeness (QED) is 0.286. The van der Waals surface area contributed by atoms with E-state index in [-0.39, 0.29) is 6.04 Å². The number of aromatic amines is 1. The van der Waals surface area contributed by atoms with Gasteiger partial charge in [0.1, 0.15) is 12.4 Å². The van der Waals surface area contributed by atoms with Gasteiger partial charge in [-0.3, -0.25) is 9.88 Å². The van der Waals surface area contributed by atoms with Gasteiger partial charge in [0, 0.05) is 72.2 Å². The Morgan fingerprint density at radius 2 is 1.70 bits per heavy atom. The van der Waals surface area contributed by atoms with Crippen molar-refractivity contribution in [2.75, 3.05) is 19.7 Å². The highest BCUT2D eigenvalue weighted by atomic mass is 16.5. The first-order chi connectivity index (χ1) is 19.4. The van der Waals surface area contributed by atoms with Gasteiger partial charge >= 0.3 is 0 Å². The van der Waals surface area contributed by atoms with Crippen LogP contribution in [-0.4, -0.2) is 51.5 Å². The van der Waals surface area contributed by atoms with Crippen molar-refractivity contribution in [1.82, 2.24) is 19.8 Å². The molecule has 4 heterocycles. The van der Waals surface area contributed by atoms with Gasteiger partial charge in [-0.1, -0.05) is 37.3 Å². The molecular formula is C35H44N4O. The first-order valence-electron chi connectivity index (χ1n) is 15.1. The summed E-state index contributed by atoms with van der Waals surface area (Å²) in [7, 11) is 0. The summed E-state index contributed by atoms with van der Waals surface area (Å²) < 4.78 is 6.62. The van der Waals surface area contributed by atoms with E-state index in [4.69, 9.17) is 4.74 Å². The van der Waals surface area contributed by atoms with E-state index < -0.39 is 0 Å². The number of pyridine rings is 1. The van der Waals surface area contributed by atoms with Crippen LogP contribution in [0.3, 0.4) is 0 Å². The molecule has 2 atom stereocenters. The highest BCUT2D eigenvalue weighted by Crippen LogP contribution is 2.35. The Kier molecular flexibility index (Phi) is 7.69. The molecule has 40 heavy (non-hydrogen) atoms. The summed E-state index contributed by atoms with van der Waals surface area (Å²) in [6, 6.07) is 19.7. The zero-order valence-electron chi connectivity index (χ0n) is 24.8. The number of hydrogen-bond donors (Lipinski definition) is 1. The third-order valence-electron chi connectivity index (χ3n) is 9.14. The largest absolute Gasteiger partial charge is 0.491 e. The van der Waals surface area contributed by atoms with Crippen molar-refractivity contribution in [2.24, 2.45) is 0 Å². The number of rotatable bonds is 6. The molecule has 5 nitrogen and oxygen atoms in total. The number of aromatic nitrogens is 2. The van der Waals surface area contributed by atoms with Crippen LogP contribution in [-0.2, 0) is 25.8 Å². The first kappa shape index (κ1) is 27.0. The van der Waals surface area contributed by atoms with Crippen LogP contribution in [0.15, 0.2) is 60.9 Å². The molecule has 0 radical (unpaired) electrons. The molecule has 0 fully saturated rings. The zero-order valence-corrected chi connectivity index (χ0v) is 24.8. The van der Waals surface area contributed by atoms with Gasteiger partial charge in [-0.15, -0.1) is 0 Å². The summed E-state index contributed by atoms with van der Waals surface area (Å²) in [4.78, 5) is 13.1. The van der Waals surface area contributed by atoms with Gasteiger partial charge in [0.05, 0.1) is 6.04 Å². The molecule has 4 aromatic rings. The normalized spacial score (nSPS) is 19.2. The molecule has 6 rings (SSSR count). The smallest absolute Gasteiger partial charge is 0.124 e. The number of nitrogens with one attached hydrogen (secondary N) is 1. The van der Waals surface area contributed by atoms with Crippen molar-refractivity contribution in [2.45, 2.75) is 84.5 Å². The maximum Gasteiger partial charge on any atom is 0.124 e. The fourth-order valence-electron chi connectivity index (χ4n) is 6.60. The predicted molar refractivity (Wildman–Crippen MR) is 164 cm³/mol. The maximum absolute atomic E-state index is 6.62. The van der Waals surface area contributed by atoms with Crippen LogP contribution >= 0.6 is 0 Å². The number of ether oxygens (including phenoxy) is 1. The monoisotopic (exact) mass is 536 g/mol. The molecule has 0 saturated heterocycles. The molecule has 1 N–H and O–H groups in total. The van der Waals surface area contributed by atoms with Gasteiger partial charge < -0.3 is 14.6 Å². The highest BCUT2D eigenvalue weighted by molar-refractivity contribution is 5.79.